The maximum atomic E-state index is 3.77. The van der Waals surface area contributed by atoms with Gasteiger partial charge in [0.05, 0.1) is 0 Å². The van der Waals surface area contributed by atoms with Gasteiger partial charge in [0.15, 0.2) is 0 Å². The zero-order chi connectivity index (χ0) is 21.3. The molecule has 4 aromatic rings. The van der Waals surface area contributed by atoms with Crippen molar-refractivity contribution in [3.05, 3.63) is 132 Å². The van der Waals surface area contributed by atoms with E-state index < -0.39 is 7.92 Å². The Hall–Kier alpha value is -2.73. The van der Waals surface area contributed by atoms with Crippen molar-refractivity contribution < 1.29 is 0 Å². The summed E-state index contributed by atoms with van der Waals surface area (Å²) in [6.07, 6.45) is 1.09. The minimum atomic E-state index is -0.516. The summed E-state index contributed by atoms with van der Waals surface area (Å²) in [5.74, 6) is 0. The molecule has 156 valence electrons. The summed E-state index contributed by atoms with van der Waals surface area (Å²) in [7, 11) is -0.516. The Balaban J connectivity index is 1.61. The molecule has 0 aliphatic carbocycles. The van der Waals surface area contributed by atoms with E-state index in [4.69, 9.17) is 0 Å². The van der Waals surface area contributed by atoms with E-state index in [0.29, 0.717) is 11.7 Å². The molecule has 0 radical (unpaired) electrons. The smallest absolute Gasteiger partial charge is 0.0291 e. The van der Waals surface area contributed by atoms with Crippen LogP contribution in [0, 0.1) is 0 Å². The van der Waals surface area contributed by atoms with Gasteiger partial charge in [-0.25, -0.2) is 0 Å². The van der Waals surface area contributed by atoms with Gasteiger partial charge in [-0.3, -0.25) is 0 Å². The second-order valence-corrected chi connectivity index (χ2v) is 10.2. The average Bonchev–Trinajstić information content (AvgIpc) is 2.85. The van der Waals surface area contributed by atoms with Gasteiger partial charge >= 0.3 is 0 Å². The minimum absolute atomic E-state index is 0.345. The lowest BCUT2D eigenvalue weighted by Crippen LogP contribution is -2.24. The van der Waals surface area contributed by atoms with Crippen molar-refractivity contribution in [3.8, 4) is 0 Å². The molecule has 0 bridgehead atoms. The van der Waals surface area contributed by atoms with Gasteiger partial charge < -0.3 is 5.32 Å². The normalized spacial score (nSPS) is 13.1. The molecule has 1 N–H and O–H groups in total. The van der Waals surface area contributed by atoms with Crippen molar-refractivity contribution >= 4 is 18.5 Å². The molecule has 0 saturated heterocycles. The first kappa shape index (κ1) is 21.5. The monoisotopic (exact) mass is 423 g/mol. The summed E-state index contributed by atoms with van der Waals surface area (Å²) in [5, 5.41) is 6.64. The predicted octanol–water partition coefficient (Wildman–Crippen LogP) is 6.60. The van der Waals surface area contributed by atoms with Crippen LogP contribution < -0.4 is 15.9 Å². The van der Waals surface area contributed by atoms with E-state index in [1.807, 2.05) is 0 Å². The molecule has 0 saturated carbocycles. The maximum Gasteiger partial charge on any atom is 0.0291 e. The zero-order valence-electron chi connectivity index (χ0n) is 18.1. The first-order valence-electron chi connectivity index (χ1n) is 11.1. The molecule has 1 nitrogen and oxygen atoms in total. The number of hydrogen-bond donors (Lipinski definition) is 1. The molecule has 2 heteroatoms. The predicted molar refractivity (Wildman–Crippen MR) is 136 cm³/mol. The molecule has 4 rings (SSSR count). The second-order valence-electron chi connectivity index (χ2n) is 7.84. The van der Waals surface area contributed by atoms with E-state index in [0.717, 1.165) is 13.0 Å². The average molecular weight is 424 g/mol. The fourth-order valence-electron chi connectivity index (χ4n) is 4.10. The number of rotatable bonds is 9. The quantitative estimate of drug-likeness (QED) is 0.299. The van der Waals surface area contributed by atoms with Crippen LogP contribution in [0.25, 0.3) is 0 Å². The van der Waals surface area contributed by atoms with Crippen LogP contribution in [0.5, 0.6) is 0 Å². The van der Waals surface area contributed by atoms with Gasteiger partial charge in [0, 0.05) is 11.7 Å². The molecule has 0 fully saturated rings. The van der Waals surface area contributed by atoms with Crippen molar-refractivity contribution in [1.82, 2.24) is 5.32 Å². The Morgan fingerprint density at radius 1 is 0.581 bits per heavy atom. The zero-order valence-corrected chi connectivity index (χ0v) is 19.0. The molecule has 0 aliphatic rings. The first-order valence-corrected chi connectivity index (χ1v) is 12.5. The van der Waals surface area contributed by atoms with Crippen LogP contribution >= 0.6 is 7.92 Å². The maximum absolute atomic E-state index is 3.77. The Bertz CT molecular complexity index is 980. The Morgan fingerprint density at radius 2 is 1.00 bits per heavy atom. The Morgan fingerprint density at radius 3 is 1.48 bits per heavy atom. The van der Waals surface area contributed by atoms with Crippen molar-refractivity contribution in [2.24, 2.45) is 0 Å². The SMILES string of the molecule is C[C@H](NCC[C@@H](c1ccccc1)P(c1ccccc1)c1ccccc1)c1ccccc1. The minimum Gasteiger partial charge on any atom is -0.310 e. The van der Waals surface area contributed by atoms with Gasteiger partial charge in [-0.15, -0.1) is 0 Å². The molecular formula is C29H30NP. The van der Waals surface area contributed by atoms with Crippen LogP contribution in [-0.2, 0) is 0 Å². The van der Waals surface area contributed by atoms with E-state index in [2.05, 4.69) is 134 Å². The van der Waals surface area contributed by atoms with Crippen LogP contribution in [0.2, 0.25) is 0 Å². The highest BCUT2D eigenvalue weighted by atomic mass is 31.1. The number of nitrogens with one attached hydrogen (secondary N) is 1. The summed E-state index contributed by atoms with van der Waals surface area (Å²) >= 11 is 0. The molecule has 0 amide bonds. The highest BCUT2D eigenvalue weighted by Gasteiger charge is 2.26. The molecule has 31 heavy (non-hydrogen) atoms. The van der Waals surface area contributed by atoms with E-state index in [1.54, 1.807) is 0 Å². The van der Waals surface area contributed by atoms with E-state index in [9.17, 15) is 0 Å². The van der Waals surface area contributed by atoms with Gasteiger partial charge in [-0.2, -0.15) is 0 Å². The summed E-state index contributed by atoms with van der Waals surface area (Å²) in [5.41, 5.74) is 3.22. The van der Waals surface area contributed by atoms with Gasteiger partial charge in [-0.1, -0.05) is 121 Å². The summed E-state index contributed by atoms with van der Waals surface area (Å²) in [6.45, 7) is 3.23. The highest BCUT2D eigenvalue weighted by molar-refractivity contribution is 7.73. The van der Waals surface area contributed by atoms with Gasteiger partial charge in [0.2, 0.25) is 0 Å². The van der Waals surface area contributed by atoms with Crippen molar-refractivity contribution in [1.29, 1.82) is 0 Å². The van der Waals surface area contributed by atoms with Crippen molar-refractivity contribution in [3.63, 3.8) is 0 Å². The lowest BCUT2D eigenvalue weighted by Gasteiger charge is -2.30. The number of hydrogen-bond acceptors (Lipinski definition) is 1. The molecule has 0 aliphatic heterocycles. The van der Waals surface area contributed by atoms with Crippen LogP contribution in [0.4, 0.5) is 0 Å². The van der Waals surface area contributed by atoms with Crippen LogP contribution in [0.15, 0.2) is 121 Å². The Kier molecular flexibility index (Phi) is 7.66. The van der Waals surface area contributed by atoms with E-state index >= 15 is 0 Å². The molecule has 0 aromatic heterocycles. The Labute approximate surface area is 187 Å². The fraction of sp³-hybridized carbons (Fsp3) is 0.172. The summed E-state index contributed by atoms with van der Waals surface area (Å²) in [6, 6.07) is 44.2. The molecular weight excluding hydrogens is 393 g/mol. The van der Waals surface area contributed by atoms with E-state index in [1.165, 1.54) is 21.7 Å². The van der Waals surface area contributed by atoms with E-state index in [-0.39, 0.29) is 0 Å². The third kappa shape index (κ3) is 5.70. The number of benzene rings is 4. The molecule has 0 unspecified atom stereocenters. The van der Waals surface area contributed by atoms with Crippen molar-refractivity contribution in [2.75, 3.05) is 6.54 Å². The second kappa shape index (κ2) is 11.0. The standard InChI is InChI=1S/C29H30NP/c1-24(25-14-6-2-7-15-25)30-23-22-29(26-16-8-3-9-17-26)31(27-18-10-4-11-19-27)28-20-12-5-13-21-28/h2-21,24,29-30H,22-23H2,1H3/t24-,29-/m0/s1. The van der Waals surface area contributed by atoms with Gasteiger partial charge in [0.25, 0.3) is 0 Å². The molecule has 4 aromatic carbocycles. The third-order valence-electron chi connectivity index (χ3n) is 5.73. The topological polar surface area (TPSA) is 12.0 Å². The van der Waals surface area contributed by atoms with Gasteiger partial charge in [0.1, 0.15) is 0 Å². The summed E-state index contributed by atoms with van der Waals surface area (Å²) in [4.78, 5) is 0. The molecule has 2 atom stereocenters. The fourth-order valence-corrected chi connectivity index (χ4v) is 6.96. The van der Waals surface area contributed by atoms with Crippen LogP contribution in [-0.4, -0.2) is 6.54 Å². The largest absolute Gasteiger partial charge is 0.310 e. The van der Waals surface area contributed by atoms with Crippen LogP contribution in [0.3, 0.4) is 0 Å². The third-order valence-corrected chi connectivity index (χ3v) is 8.62. The molecule has 0 spiro atoms. The lowest BCUT2D eigenvalue weighted by molar-refractivity contribution is 0.555. The first-order chi connectivity index (χ1) is 15.3. The lowest BCUT2D eigenvalue weighted by atomic mass is 10.1. The van der Waals surface area contributed by atoms with Crippen LogP contribution in [0.1, 0.15) is 36.2 Å². The summed E-state index contributed by atoms with van der Waals surface area (Å²) < 4.78 is 0. The van der Waals surface area contributed by atoms with Crippen molar-refractivity contribution in [2.45, 2.75) is 25.0 Å². The molecule has 0 heterocycles. The van der Waals surface area contributed by atoms with Gasteiger partial charge in [-0.05, 0) is 49.5 Å². The highest BCUT2D eigenvalue weighted by Crippen LogP contribution is 2.51.